The molecule has 4 aliphatic heterocycles. The van der Waals surface area contributed by atoms with Gasteiger partial charge in [-0.3, -0.25) is 34.2 Å². The topological polar surface area (TPSA) is 204 Å². The van der Waals surface area contributed by atoms with E-state index in [-0.39, 0.29) is 72.4 Å². The van der Waals surface area contributed by atoms with E-state index in [2.05, 4.69) is 25.4 Å². The minimum atomic E-state index is -0.801. The van der Waals surface area contributed by atoms with E-state index in [0.717, 1.165) is 32.2 Å². The summed E-state index contributed by atoms with van der Waals surface area (Å²) in [4.78, 5) is 77.2. The molecule has 65 heavy (non-hydrogen) atoms. The number of anilines is 3. The SMILES string of the molecule is CO[C@@H]1CN(C2CC(OC3CCN(c4ncc(Cl)c(Nc5ccc6c(c5)cc(OCC(N)=O)c(=O)n6C(C)C)n4)CC3)C2)CC[C@@H]1c1ccc2c(c1F)CN(C1CCC(=O)NC1=O)C2=O. The van der Waals surface area contributed by atoms with Gasteiger partial charge in [-0.05, 0) is 94.8 Å². The van der Waals surface area contributed by atoms with Gasteiger partial charge in [-0.15, -0.1) is 0 Å². The zero-order valence-corrected chi connectivity index (χ0v) is 37.3. The van der Waals surface area contributed by atoms with Gasteiger partial charge in [0, 0.05) is 73.4 Å². The second kappa shape index (κ2) is 18.3. The van der Waals surface area contributed by atoms with Crippen molar-refractivity contribution in [3.05, 3.63) is 80.5 Å². The highest BCUT2D eigenvalue weighted by Crippen LogP contribution is 2.40. The number of primary amides is 1. The van der Waals surface area contributed by atoms with Crippen LogP contribution in [0.25, 0.3) is 10.9 Å². The molecular weight excluding hydrogens is 861 g/mol. The Kier molecular flexibility index (Phi) is 12.5. The average Bonchev–Trinajstić information content (AvgIpc) is 3.61. The van der Waals surface area contributed by atoms with Crippen LogP contribution in [-0.2, 0) is 30.4 Å². The highest BCUT2D eigenvalue weighted by atomic mass is 35.5. The van der Waals surface area contributed by atoms with Gasteiger partial charge >= 0.3 is 0 Å². The molecule has 4 N–H and O–H groups in total. The maximum atomic E-state index is 16.3. The van der Waals surface area contributed by atoms with E-state index in [1.165, 1.54) is 4.90 Å². The third kappa shape index (κ3) is 8.88. The van der Waals surface area contributed by atoms with Crippen molar-refractivity contribution in [3.63, 3.8) is 0 Å². The van der Waals surface area contributed by atoms with Crippen LogP contribution in [0.3, 0.4) is 0 Å². The number of carbonyl (C=O) groups excluding carboxylic acids is 4. The van der Waals surface area contributed by atoms with Crippen molar-refractivity contribution in [2.75, 3.05) is 50.1 Å². The van der Waals surface area contributed by atoms with E-state index in [1.54, 1.807) is 36.1 Å². The number of ether oxygens (including phenoxy) is 3. The number of imide groups is 1. The van der Waals surface area contributed by atoms with Gasteiger partial charge in [0.05, 0.1) is 36.6 Å². The molecule has 1 aliphatic carbocycles. The van der Waals surface area contributed by atoms with Crippen LogP contribution in [0.2, 0.25) is 5.02 Å². The van der Waals surface area contributed by atoms with Gasteiger partial charge in [0.25, 0.3) is 17.4 Å². The standard InChI is InChI=1S/C46H53ClFN9O8/c1-24(2)57-35-7-4-26(16-25(35)17-37(45(57)62)64-23-39(49)58)51-42-34(47)20-50-46(53-42)54-13-10-28(11-14-54)65-29-18-27(19-29)55-15-12-30(38(22-55)63-3)31-5-6-32-33(41(31)48)21-56(44(32)61)36-8-9-40(59)52-43(36)60/h4-7,16-17,20,24,27-30,36,38H,8-15,18-19,21-23H2,1-3H3,(H2,49,58)(H,50,51,53)(H,52,59,60)/t27?,29?,30-,36?,38-/m1/s1. The van der Waals surface area contributed by atoms with Crippen molar-refractivity contribution in [1.29, 1.82) is 0 Å². The zero-order valence-electron chi connectivity index (χ0n) is 36.6. The molecule has 3 atom stereocenters. The predicted octanol–water partition coefficient (Wildman–Crippen LogP) is 4.55. The van der Waals surface area contributed by atoms with E-state index in [0.29, 0.717) is 76.6 Å². The smallest absolute Gasteiger partial charge is 0.293 e. The monoisotopic (exact) mass is 913 g/mol. The Balaban J connectivity index is 0.765. The van der Waals surface area contributed by atoms with Gasteiger partial charge in [0.1, 0.15) is 16.9 Å². The van der Waals surface area contributed by atoms with Crippen molar-refractivity contribution in [1.82, 2.24) is 29.7 Å². The molecule has 9 rings (SSSR count). The third-order valence-corrected chi connectivity index (χ3v) is 13.8. The molecule has 1 saturated carbocycles. The van der Waals surface area contributed by atoms with Crippen molar-refractivity contribution in [2.45, 2.75) is 108 Å². The molecular formula is C46H53ClFN9O8. The number of halogens is 2. The summed E-state index contributed by atoms with van der Waals surface area (Å²) in [6.45, 7) is 6.24. The molecule has 6 heterocycles. The fourth-order valence-electron chi connectivity index (χ4n) is 10.1. The van der Waals surface area contributed by atoms with Gasteiger partial charge < -0.3 is 39.6 Å². The van der Waals surface area contributed by atoms with Crippen LogP contribution >= 0.6 is 11.6 Å². The lowest BCUT2D eigenvalue weighted by molar-refractivity contribution is -0.137. The number of fused-ring (bicyclic) bond motifs is 2. The Morgan fingerprint density at radius 1 is 1.03 bits per heavy atom. The summed E-state index contributed by atoms with van der Waals surface area (Å²) in [6.07, 6.45) is 6.12. The number of amides is 4. The summed E-state index contributed by atoms with van der Waals surface area (Å²) < 4.78 is 35.9. The van der Waals surface area contributed by atoms with Crippen LogP contribution < -0.4 is 31.6 Å². The fourth-order valence-corrected chi connectivity index (χ4v) is 10.2. The number of hydrogen-bond acceptors (Lipinski definition) is 13. The molecule has 5 aliphatic rings. The van der Waals surface area contributed by atoms with E-state index < -0.39 is 36.2 Å². The number of carbonyl (C=O) groups is 4. The fraction of sp³-hybridized carbons (Fsp3) is 0.500. The minimum absolute atomic E-state index is 0.00728. The predicted molar refractivity (Wildman–Crippen MR) is 239 cm³/mol. The molecule has 19 heteroatoms. The van der Waals surface area contributed by atoms with Gasteiger partial charge in [-0.25, -0.2) is 9.37 Å². The summed E-state index contributed by atoms with van der Waals surface area (Å²) in [5.74, 6) is -1.55. The van der Waals surface area contributed by atoms with Crippen molar-refractivity contribution in [2.24, 2.45) is 5.73 Å². The highest BCUT2D eigenvalue weighted by Gasteiger charge is 2.44. The minimum Gasteiger partial charge on any atom is -0.478 e. The van der Waals surface area contributed by atoms with Crippen LogP contribution in [0.1, 0.15) is 92.2 Å². The summed E-state index contributed by atoms with van der Waals surface area (Å²) in [6, 6.07) is 9.89. The van der Waals surface area contributed by atoms with Crippen LogP contribution in [0, 0.1) is 5.82 Å². The first-order chi connectivity index (χ1) is 31.3. The number of nitrogens with zero attached hydrogens (tertiary/aromatic N) is 6. The van der Waals surface area contributed by atoms with Crippen LogP contribution in [0.4, 0.5) is 21.8 Å². The lowest BCUT2D eigenvalue weighted by Crippen LogP contribution is -2.55. The number of likely N-dealkylation sites (tertiary alicyclic amines) is 1. The summed E-state index contributed by atoms with van der Waals surface area (Å²) in [5, 5.41) is 6.66. The molecule has 2 aromatic heterocycles. The lowest BCUT2D eigenvalue weighted by atomic mass is 9.81. The molecule has 4 amide bonds. The highest BCUT2D eigenvalue weighted by molar-refractivity contribution is 6.33. The molecule has 0 radical (unpaired) electrons. The second-order valence-electron chi connectivity index (χ2n) is 17.9. The van der Waals surface area contributed by atoms with E-state index >= 15 is 4.39 Å². The number of aromatic nitrogens is 3. The molecule has 0 bridgehead atoms. The van der Waals surface area contributed by atoms with Gasteiger partial charge in [-0.1, -0.05) is 17.7 Å². The number of methoxy groups -OCH3 is 1. The largest absolute Gasteiger partial charge is 0.478 e. The van der Waals surface area contributed by atoms with Gasteiger partial charge in [0.15, 0.2) is 18.2 Å². The Morgan fingerprint density at radius 2 is 1.82 bits per heavy atom. The second-order valence-corrected chi connectivity index (χ2v) is 18.3. The number of nitrogens with two attached hydrogens (primary N) is 1. The first-order valence-corrected chi connectivity index (χ1v) is 22.7. The van der Waals surface area contributed by atoms with Gasteiger partial charge in [0.2, 0.25) is 17.8 Å². The maximum absolute atomic E-state index is 16.3. The average molecular weight is 914 g/mol. The van der Waals surface area contributed by atoms with Crippen LogP contribution in [0.5, 0.6) is 5.75 Å². The molecule has 4 aromatic rings. The van der Waals surface area contributed by atoms with Crippen LogP contribution in [0.15, 0.2) is 47.4 Å². The van der Waals surface area contributed by atoms with E-state index in [1.807, 2.05) is 32.0 Å². The quantitative estimate of drug-likeness (QED) is 0.158. The Morgan fingerprint density at radius 3 is 2.54 bits per heavy atom. The first-order valence-electron chi connectivity index (χ1n) is 22.3. The van der Waals surface area contributed by atoms with Crippen molar-refractivity contribution in [3.8, 4) is 5.75 Å². The normalized spacial score (nSPS) is 24.0. The summed E-state index contributed by atoms with van der Waals surface area (Å²) in [7, 11) is 1.66. The van der Waals surface area contributed by atoms with E-state index in [4.69, 9.17) is 36.5 Å². The summed E-state index contributed by atoms with van der Waals surface area (Å²) in [5.41, 5.74) is 7.39. The lowest BCUT2D eigenvalue weighted by Gasteiger charge is -2.48. The van der Waals surface area contributed by atoms with Crippen LogP contribution in [-0.4, -0.2) is 118 Å². The molecule has 3 saturated heterocycles. The molecule has 4 fully saturated rings. The first kappa shape index (κ1) is 44.5. The van der Waals surface area contributed by atoms with Crippen molar-refractivity contribution < 1.29 is 37.8 Å². The zero-order chi connectivity index (χ0) is 45.7. The Bertz CT molecular complexity index is 2600. The maximum Gasteiger partial charge on any atom is 0.293 e. The molecule has 17 nitrogen and oxygen atoms in total. The van der Waals surface area contributed by atoms with Gasteiger partial charge in [-0.2, -0.15) is 4.98 Å². The number of piperidine rings is 3. The number of pyridine rings is 1. The molecule has 1 unspecified atom stereocenters. The van der Waals surface area contributed by atoms with E-state index in [9.17, 15) is 24.0 Å². The number of hydrogen-bond donors (Lipinski definition) is 3. The Labute approximate surface area is 379 Å². The summed E-state index contributed by atoms with van der Waals surface area (Å²) >= 11 is 6.58. The molecule has 0 spiro atoms. The number of nitrogens with one attached hydrogen (secondary N) is 2. The Hall–Kier alpha value is -5.69. The molecule has 2 aromatic carbocycles. The number of benzene rings is 2. The number of rotatable bonds is 13. The molecule has 344 valence electrons. The third-order valence-electron chi connectivity index (χ3n) is 13.6. The van der Waals surface area contributed by atoms with Crippen molar-refractivity contribution >= 4 is 63.6 Å².